The van der Waals surface area contributed by atoms with Crippen LogP contribution in [-0.4, -0.2) is 10.6 Å². The lowest BCUT2D eigenvalue weighted by Crippen LogP contribution is -2.50. The number of carbonyl (C=O) groups excluding carboxylic acids is 1. The van der Waals surface area contributed by atoms with Crippen LogP contribution in [0.1, 0.15) is 46.5 Å². The summed E-state index contributed by atoms with van der Waals surface area (Å²) in [6.07, 6.45) is 5.90. The van der Waals surface area contributed by atoms with E-state index in [9.17, 15) is 4.79 Å². The van der Waals surface area contributed by atoms with Crippen molar-refractivity contribution in [3.05, 3.63) is 23.8 Å². The largest absolute Gasteiger partial charge is 0.295 e. The molecule has 0 aromatic rings. The summed E-state index contributed by atoms with van der Waals surface area (Å²) < 4.78 is 0. The molecule has 0 aromatic carbocycles. The topological polar surface area (TPSA) is 17.1 Å². The third kappa shape index (κ3) is 1.76. The molecule has 0 bridgehead atoms. The number of hydrogen-bond acceptors (Lipinski definition) is 1. The summed E-state index contributed by atoms with van der Waals surface area (Å²) in [6, 6.07) is 0. The zero-order valence-corrected chi connectivity index (χ0v) is 12.6. The Bertz CT molecular complexity index is 405. The van der Waals surface area contributed by atoms with Crippen molar-refractivity contribution in [1.82, 2.24) is 0 Å². The van der Waals surface area contributed by atoms with E-state index in [-0.39, 0.29) is 10.8 Å². The van der Waals surface area contributed by atoms with E-state index in [1.165, 1.54) is 5.57 Å². The molecule has 0 radical (unpaired) electrons. The van der Waals surface area contributed by atoms with Gasteiger partial charge in [0.2, 0.25) is 0 Å². The molecule has 0 heterocycles. The Kier molecular flexibility index (Phi) is 3.14. The lowest BCUT2D eigenvalue weighted by atomic mass is 9.51. The second-order valence-corrected chi connectivity index (χ2v) is 7.21. The maximum Gasteiger partial charge on any atom is 0.159 e. The smallest absolute Gasteiger partial charge is 0.159 e. The van der Waals surface area contributed by atoms with Crippen LogP contribution in [0, 0.1) is 10.8 Å². The van der Waals surface area contributed by atoms with Gasteiger partial charge in [0, 0.05) is 16.7 Å². The Morgan fingerprint density at radius 1 is 1.47 bits per heavy atom. The van der Waals surface area contributed by atoms with Crippen LogP contribution in [0.3, 0.4) is 0 Å². The molecule has 2 heteroatoms. The number of Topliss-reactive ketones (excluding diaryl/α,β-unsaturated/α-hetero) is 1. The lowest BCUT2D eigenvalue weighted by Gasteiger charge is -2.55. The van der Waals surface area contributed by atoms with Gasteiger partial charge in [-0.25, -0.2) is 0 Å². The first kappa shape index (κ1) is 13.1. The van der Waals surface area contributed by atoms with Gasteiger partial charge in [0.05, 0.1) is 0 Å². The highest BCUT2D eigenvalue weighted by Crippen LogP contribution is 2.60. The average Bonchev–Trinajstić information content (AvgIpc) is 2.27. The molecule has 2 atom stereocenters. The van der Waals surface area contributed by atoms with E-state index in [0.29, 0.717) is 17.0 Å². The van der Waals surface area contributed by atoms with E-state index in [0.717, 1.165) is 24.8 Å². The first-order valence-electron chi connectivity index (χ1n) is 6.33. The number of ketones is 1. The SMILES string of the molecule is C=C1CC[C@H](Br)C(C)(C)[C@]12CC=C(C)C(=O)C2. The fourth-order valence-electron chi connectivity index (χ4n) is 3.34. The van der Waals surface area contributed by atoms with Gasteiger partial charge < -0.3 is 0 Å². The third-order valence-electron chi connectivity index (χ3n) is 5.05. The summed E-state index contributed by atoms with van der Waals surface area (Å²) in [5, 5.41) is 0. The van der Waals surface area contributed by atoms with Gasteiger partial charge in [0.25, 0.3) is 0 Å². The van der Waals surface area contributed by atoms with Crippen LogP contribution < -0.4 is 0 Å². The second kappa shape index (κ2) is 4.08. The quantitative estimate of drug-likeness (QED) is 0.478. The molecule has 94 valence electrons. The molecule has 0 unspecified atom stereocenters. The highest BCUT2D eigenvalue weighted by Gasteiger charge is 2.54. The van der Waals surface area contributed by atoms with E-state index in [2.05, 4.69) is 42.4 Å². The minimum Gasteiger partial charge on any atom is -0.295 e. The average molecular weight is 297 g/mol. The number of allylic oxidation sites excluding steroid dienone is 3. The molecule has 2 rings (SSSR count). The molecule has 0 saturated heterocycles. The van der Waals surface area contributed by atoms with Gasteiger partial charge in [-0.15, -0.1) is 0 Å². The van der Waals surface area contributed by atoms with Crippen molar-refractivity contribution in [2.75, 3.05) is 0 Å². The summed E-state index contributed by atoms with van der Waals surface area (Å²) in [4.78, 5) is 12.6. The van der Waals surface area contributed by atoms with Crippen molar-refractivity contribution in [1.29, 1.82) is 0 Å². The van der Waals surface area contributed by atoms with Crippen LogP contribution in [0.15, 0.2) is 23.8 Å². The lowest BCUT2D eigenvalue weighted by molar-refractivity contribution is -0.120. The van der Waals surface area contributed by atoms with Crippen LogP contribution >= 0.6 is 15.9 Å². The summed E-state index contributed by atoms with van der Waals surface area (Å²) in [5.74, 6) is 0.298. The number of halogens is 1. The molecule has 0 N–H and O–H groups in total. The molecule has 0 aliphatic heterocycles. The van der Waals surface area contributed by atoms with Crippen LogP contribution in [0.2, 0.25) is 0 Å². The van der Waals surface area contributed by atoms with E-state index < -0.39 is 0 Å². The highest BCUT2D eigenvalue weighted by atomic mass is 79.9. The molecule has 2 aliphatic rings. The maximum absolute atomic E-state index is 12.1. The molecule has 1 saturated carbocycles. The van der Waals surface area contributed by atoms with Crippen molar-refractivity contribution in [2.45, 2.75) is 51.3 Å². The van der Waals surface area contributed by atoms with Crippen molar-refractivity contribution in [2.24, 2.45) is 10.8 Å². The van der Waals surface area contributed by atoms with Crippen LogP contribution in [-0.2, 0) is 4.79 Å². The third-order valence-corrected chi connectivity index (χ3v) is 6.65. The normalized spacial score (nSPS) is 37.2. The van der Waals surface area contributed by atoms with Gasteiger partial charge in [-0.3, -0.25) is 4.79 Å². The van der Waals surface area contributed by atoms with Crippen molar-refractivity contribution in [3.8, 4) is 0 Å². The fourth-order valence-corrected chi connectivity index (χ4v) is 4.01. The zero-order valence-electron chi connectivity index (χ0n) is 11.0. The van der Waals surface area contributed by atoms with Gasteiger partial charge in [-0.05, 0) is 37.2 Å². The molecule has 1 spiro atoms. The molecule has 2 aliphatic carbocycles. The molecule has 1 nitrogen and oxygen atoms in total. The zero-order chi connectivity index (χ0) is 12.8. The van der Waals surface area contributed by atoms with Gasteiger partial charge >= 0.3 is 0 Å². The second-order valence-electron chi connectivity index (χ2n) is 6.10. The predicted octanol–water partition coefficient (Wildman–Crippen LogP) is 4.42. The van der Waals surface area contributed by atoms with Crippen LogP contribution in [0.25, 0.3) is 0 Å². The Balaban J connectivity index is 2.47. The van der Waals surface area contributed by atoms with Gasteiger partial charge in [0.1, 0.15) is 0 Å². The molecule has 0 aromatic heterocycles. The molecule has 0 amide bonds. The van der Waals surface area contributed by atoms with E-state index in [1.54, 1.807) is 0 Å². The number of alkyl halides is 1. The minimum atomic E-state index is -0.0317. The van der Waals surface area contributed by atoms with Crippen molar-refractivity contribution < 1.29 is 4.79 Å². The summed E-state index contributed by atoms with van der Waals surface area (Å²) in [7, 11) is 0. The first-order chi connectivity index (χ1) is 7.81. The van der Waals surface area contributed by atoms with Gasteiger partial charge in [-0.1, -0.05) is 48.0 Å². The Morgan fingerprint density at radius 3 is 2.71 bits per heavy atom. The molecular formula is C15H21BrO. The Hall–Kier alpha value is -0.370. The monoisotopic (exact) mass is 296 g/mol. The number of rotatable bonds is 0. The number of carbonyl (C=O) groups is 1. The summed E-state index contributed by atoms with van der Waals surface area (Å²) in [5.41, 5.74) is 2.26. The van der Waals surface area contributed by atoms with Crippen molar-refractivity contribution >= 4 is 21.7 Å². The van der Waals surface area contributed by atoms with Gasteiger partial charge in [0.15, 0.2) is 5.78 Å². The Labute approximate surface area is 112 Å². The molecule has 17 heavy (non-hydrogen) atoms. The minimum absolute atomic E-state index is 0.0317. The van der Waals surface area contributed by atoms with E-state index in [4.69, 9.17) is 0 Å². The standard InChI is InChI=1S/C15H21BrO/c1-10-7-8-15(9-12(10)17)11(2)5-6-13(16)14(15,3)4/h7,13H,2,5-6,8-9H2,1,3-4H3/t13-,15-/m0/s1. The van der Waals surface area contributed by atoms with E-state index in [1.807, 2.05) is 6.92 Å². The highest BCUT2D eigenvalue weighted by molar-refractivity contribution is 9.09. The van der Waals surface area contributed by atoms with Crippen LogP contribution in [0.5, 0.6) is 0 Å². The summed E-state index contributed by atoms with van der Waals surface area (Å²) >= 11 is 3.81. The fraction of sp³-hybridized carbons (Fsp3) is 0.667. The first-order valence-corrected chi connectivity index (χ1v) is 7.25. The Morgan fingerprint density at radius 2 is 2.12 bits per heavy atom. The van der Waals surface area contributed by atoms with Crippen molar-refractivity contribution in [3.63, 3.8) is 0 Å². The number of hydrogen-bond donors (Lipinski definition) is 0. The van der Waals surface area contributed by atoms with Crippen LogP contribution in [0.4, 0.5) is 0 Å². The van der Waals surface area contributed by atoms with E-state index >= 15 is 0 Å². The predicted molar refractivity (Wildman–Crippen MR) is 75.3 cm³/mol. The van der Waals surface area contributed by atoms with Gasteiger partial charge in [-0.2, -0.15) is 0 Å². The summed E-state index contributed by atoms with van der Waals surface area (Å²) in [6.45, 7) is 10.8. The molecular weight excluding hydrogens is 276 g/mol. The maximum atomic E-state index is 12.1. The molecule has 1 fully saturated rings.